The van der Waals surface area contributed by atoms with E-state index in [2.05, 4.69) is 10.6 Å². The van der Waals surface area contributed by atoms with E-state index >= 15 is 0 Å². The van der Waals surface area contributed by atoms with Crippen LogP contribution in [0.1, 0.15) is 52.6 Å². The topological polar surface area (TPSA) is 111 Å². The van der Waals surface area contributed by atoms with E-state index in [1.54, 1.807) is 25.3 Å². The molecule has 36 heavy (non-hydrogen) atoms. The van der Waals surface area contributed by atoms with Crippen LogP contribution in [0, 0.1) is 0 Å². The normalized spacial score (nSPS) is 12.2. The fourth-order valence-corrected chi connectivity index (χ4v) is 4.15. The first-order valence-corrected chi connectivity index (χ1v) is 12.1. The fourth-order valence-electron chi connectivity index (χ4n) is 4.15. The summed E-state index contributed by atoms with van der Waals surface area (Å²) in [6, 6.07) is 20.1. The number of benzene rings is 3. The minimum atomic E-state index is -0.796. The Bertz CT molecular complexity index is 1160. The van der Waals surface area contributed by atoms with Crippen LogP contribution < -0.4 is 15.4 Å². The van der Waals surface area contributed by atoms with Crippen molar-refractivity contribution in [1.82, 2.24) is 10.6 Å². The SMILES string of the molecule is COc1ccccc1CCNC(=O)c1cccc(CC(C)(C)NC[C@@H](O)c2ccc(O)c(CO)c2)c1. The average Bonchev–Trinajstić information content (AvgIpc) is 2.87. The highest BCUT2D eigenvalue weighted by molar-refractivity contribution is 5.94. The number of carbonyl (C=O) groups excluding carboxylic acids is 1. The standard InChI is InChI=1S/C29H36N2O5/c1-29(2,31-18-26(34)22-11-12-25(33)24(16-22)19-32)17-20-7-6-9-23(15-20)28(35)30-14-13-21-8-4-5-10-27(21)36-3/h4-12,15-16,26,31-34H,13-14,17-19H2,1-3H3,(H,30,35)/t26-/m1/s1. The molecule has 0 aliphatic rings. The van der Waals surface area contributed by atoms with Gasteiger partial charge in [0.15, 0.2) is 0 Å². The maximum absolute atomic E-state index is 12.7. The molecule has 0 aromatic heterocycles. The van der Waals surface area contributed by atoms with Crippen LogP contribution in [-0.2, 0) is 19.4 Å². The maximum atomic E-state index is 12.7. The first kappa shape index (κ1) is 27.2. The molecule has 0 bridgehead atoms. The van der Waals surface area contributed by atoms with Crippen LogP contribution in [0.4, 0.5) is 0 Å². The van der Waals surface area contributed by atoms with Gasteiger partial charge >= 0.3 is 0 Å². The van der Waals surface area contributed by atoms with Crippen LogP contribution in [0.5, 0.6) is 11.5 Å². The van der Waals surface area contributed by atoms with Crippen LogP contribution in [0.3, 0.4) is 0 Å². The molecule has 0 radical (unpaired) electrons. The molecule has 0 saturated heterocycles. The van der Waals surface area contributed by atoms with Gasteiger partial charge in [0.05, 0.1) is 19.8 Å². The molecular formula is C29H36N2O5. The molecule has 0 aliphatic heterocycles. The van der Waals surface area contributed by atoms with Crippen molar-refractivity contribution in [3.63, 3.8) is 0 Å². The van der Waals surface area contributed by atoms with Gasteiger partial charge < -0.3 is 30.7 Å². The van der Waals surface area contributed by atoms with Crippen LogP contribution in [0.25, 0.3) is 0 Å². The zero-order valence-electron chi connectivity index (χ0n) is 21.1. The van der Waals surface area contributed by atoms with Crippen molar-refractivity contribution in [2.45, 2.75) is 44.9 Å². The molecule has 0 saturated carbocycles. The number of methoxy groups -OCH3 is 1. The van der Waals surface area contributed by atoms with Crippen molar-refractivity contribution in [2.75, 3.05) is 20.2 Å². The summed E-state index contributed by atoms with van der Waals surface area (Å²) in [5.41, 5.74) is 3.30. The van der Waals surface area contributed by atoms with E-state index in [-0.39, 0.29) is 23.8 Å². The molecule has 0 spiro atoms. The molecule has 5 N–H and O–H groups in total. The van der Waals surface area contributed by atoms with E-state index in [0.717, 1.165) is 16.9 Å². The number of aliphatic hydroxyl groups is 2. The highest BCUT2D eigenvalue weighted by Gasteiger charge is 2.21. The van der Waals surface area contributed by atoms with E-state index in [1.165, 1.54) is 6.07 Å². The average molecular weight is 493 g/mol. The largest absolute Gasteiger partial charge is 0.508 e. The first-order valence-electron chi connectivity index (χ1n) is 12.1. The van der Waals surface area contributed by atoms with E-state index in [4.69, 9.17) is 4.74 Å². The minimum Gasteiger partial charge on any atom is -0.508 e. The summed E-state index contributed by atoms with van der Waals surface area (Å²) < 4.78 is 5.37. The number of aromatic hydroxyl groups is 1. The third kappa shape index (κ3) is 7.55. The predicted molar refractivity (Wildman–Crippen MR) is 140 cm³/mol. The minimum absolute atomic E-state index is 0.00505. The Hall–Kier alpha value is -3.39. The number of nitrogens with one attached hydrogen (secondary N) is 2. The van der Waals surface area contributed by atoms with Crippen LogP contribution in [0.15, 0.2) is 66.7 Å². The lowest BCUT2D eigenvalue weighted by Crippen LogP contribution is -2.43. The second-order valence-electron chi connectivity index (χ2n) is 9.52. The van der Waals surface area contributed by atoms with Crippen LogP contribution >= 0.6 is 0 Å². The van der Waals surface area contributed by atoms with Crippen LogP contribution in [0.2, 0.25) is 0 Å². The smallest absolute Gasteiger partial charge is 0.251 e. The molecular weight excluding hydrogens is 456 g/mol. The zero-order chi connectivity index (χ0) is 26.1. The molecule has 0 fully saturated rings. The molecule has 3 rings (SSSR count). The number of rotatable bonds is 12. The van der Waals surface area contributed by atoms with E-state index < -0.39 is 6.10 Å². The molecule has 0 aliphatic carbocycles. The van der Waals surface area contributed by atoms with Gasteiger partial charge in [-0.25, -0.2) is 0 Å². The zero-order valence-corrected chi connectivity index (χ0v) is 21.1. The molecule has 3 aromatic carbocycles. The van der Waals surface area contributed by atoms with Gasteiger partial charge in [-0.2, -0.15) is 0 Å². The van der Waals surface area contributed by atoms with E-state index in [9.17, 15) is 20.1 Å². The van der Waals surface area contributed by atoms with Crippen molar-refractivity contribution in [3.05, 3.63) is 94.5 Å². The number of para-hydroxylation sites is 1. The second-order valence-corrected chi connectivity index (χ2v) is 9.52. The first-order chi connectivity index (χ1) is 17.2. The summed E-state index contributed by atoms with van der Waals surface area (Å²) in [6.07, 6.45) is 0.533. The van der Waals surface area contributed by atoms with Crippen molar-refractivity contribution < 1.29 is 24.9 Å². The number of phenols is 1. The Balaban J connectivity index is 1.54. The Labute approximate surface area is 212 Å². The Morgan fingerprint density at radius 1 is 1.03 bits per heavy atom. The molecule has 0 heterocycles. The number of carbonyl (C=O) groups is 1. The lowest BCUT2D eigenvalue weighted by atomic mass is 9.93. The van der Waals surface area contributed by atoms with Crippen molar-refractivity contribution >= 4 is 5.91 Å². The number of ether oxygens (including phenoxy) is 1. The van der Waals surface area contributed by atoms with Gasteiger partial charge in [0.1, 0.15) is 11.5 Å². The highest BCUT2D eigenvalue weighted by atomic mass is 16.5. The van der Waals surface area contributed by atoms with Gasteiger partial charge in [0.25, 0.3) is 5.91 Å². The van der Waals surface area contributed by atoms with E-state index in [0.29, 0.717) is 42.6 Å². The third-order valence-corrected chi connectivity index (χ3v) is 6.14. The number of hydrogen-bond donors (Lipinski definition) is 5. The summed E-state index contributed by atoms with van der Waals surface area (Å²) in [5, 5.41) is 36.0. The Kier molecular flexibility index (Phi) is 9.47. The Morgan fingerprint density at radius 2 is 1.81 bits per heavy atom. The summed E-state index contributed by atoms with van der Waals surface area (Å²) in [6.45, 7) is 4.58. The summed E-state index contributed by atoms with van der Waals surface area (Å²) in [4.78, 5) is 12.7. The quantitative estimate of drug-likeness (QED) is 0.265. The van der Waals surface area contributed by atoms with Crippen LogP contribution in [-0.4, -0.2) is 47.0 Å². The van der Waals surface area contributed by atoms with Crippen molar-refractivity contribution in [3.8, 4) is 11.5 Å². The number of β-amino-alcohol motifs (C(OH)–C–C–N with tert-alkyl or cyclic N) is 1. The molecule has 192 valence electrons. The summed E-state index contributed by atoms with van der Waals surface area (Å²) in [5.74, 6) is 0.693. The molecule has 7 heteroatoms. The summed E-state index contributed by atoms with van der Waals surface area (Å²) in [7, 11) is 1.64. The monoisotopic (exact) mass is 492 g/mol. The van der Waals surface area contributed by atoms with Crippen molar-refractivity contribution in [2.24, 2.45) is 0 Å². The van der Waals surface area contributed by atoms with Gasteiger partial charge in [-0.15, -0.1) is 0 Å². The maximum Gasteiger partial charge on any atom is 0.251 e. The van der Waals surface area contributed by atoms with Gasteiger partial charge in [-0.1, -0.05) is 36.4 Å². The summed E-state index contributed by atoms with van der Waals surface area (Å²) >= 11 is 0. The number of hydrogen-bond acceptors (Lipinski definition) is 6. The third-order valence-electron chi connectivity index (χ3n) is 6.14. The molecule has 7 nitrogen and oxygen atoms in total. The van der Waals surface area contributed by atoms with E-state index in [1.807, 2.05) is 56.3 Å². The Morgan fingerprint density at radius 3 is 2.56 bits per heavy atom. The van der Waals surface area contributed by atoms with Gasteiger partial charge in [-0.05, 0) is 73.7 Å². The lowest BCUT2D eigenvalue weighted by molar-refractivity contribution is 0.0954. The highest BCUT2D eigenvalue weighted by Crippen LogP contribution is 2.23. The van der Waals surface area contributed by atoms with Gasteiger partial charge in [0, 0.05) is 29.8 Å². The molecule has 3 aromatic rings. The van der Waals surface area contributed by atoms with Gasteiger partial charge in [0.2, 0.25) is 0 Å². The lowest BCUT2D eigenvalue weighted by Gasteiger charge is -2.28. The number of amides is 1. The van der Waals surface area contributed by atoms with Gasteiger partial charge in [-0.3, -0.25) is 4.79 Å². The molecule has 1 amide bonds. The fraction of sp³-hybridized carbons (Fsp3) is 0.345. The second kappa shape index (κ2) is 12.5. The molecule has 1 atom stereocenters. The number of aliphatic hydroxyl groups excluding tert-OH is 2. The molecule has 0 unspecified atom stereocenters. The van der Waals surface area contributed by atoms with Crippen molar-refractivity contribution in [1.29, 1.82) is 0 Å². The predicted octanol–water partition coefficient (Wildman–Crippen LogP) is 3.51.